The van der Waals surface area contributed by atoms with E-state index in [9.17, 15) is 0 Å². The molecular weight excluding hydrogens is 180 g/mol. The molecule has 2 unspecified atom stereocenters. The summed E-state index contributed by atoms with van der Waals surface area (Å²) < 4.78 is 15.8. The van der Waals surface area contributed by atoms with Crippen molar-refractivity contribution in [2.75, 3.05) is 13.2 Å². The van der Waals surface area contributed by atoms with Gasteiger partial charge in [-0.3, -0.25) is 0 Å². The third-order valence-electron chi connectivity index (χ3n) is 1.81. The van der Waals surface area contributed by atoms with E-state index in [2.05, 4.69) is 0 Å². The Morgan fingerprint density at radius 2 is 1.83 bits per heavy atom. The van der Waals surface area contributed by atoms with E-state index in [-0.39, 0.29) is 6.10 Å². The highest BCUT2D eigenvalue weighted by molar-refractivity contribution is 6.25. The number of hydrogen-bond donors (Lipinski definition) is 0. The van der Waals surface area contributed by atoms with Gasteiger partial charge < -0.3 is 14.2 Å². The summed E-state index contributed by atoms with van der Waals surface area (Å²) in [6.45, 7) is 6.86. The van der Waals surface area contributed by atoms with Crippen molar-refractivity contribution < 1.29 is 14.2 Å². The van der Waals surface area contributed by atoms with Crippen molar-refractivity contribution in [1.29, 1.82) is 0 Å². The summed E-state index contributed by atoms with van der Waals surface area (Å²) in [6, 6.07) is 0. The highest BCUT2D eigenvalue weighted by Gasteiger charge is 2.59. The summed E-state index contributed by atoms with van der Waals surface area (Å²) in [5, 5.41) is -0.744. The lowest BCUT2D eigenvalue weighted by Gasteiger charge is -2.19. The first-order valence-electron chi connectivity index (χ1n) is 4.25. The van der Waals surface area contributed by atoms with Gasteiger partial charge in [0, 0.05) is 13.2 Å². The molecule has 12 heavy (non-hydrogen) atoms. The van der Waals surface area contributed by atoms with Gasteiger partial charge in [-0.1, -0.05) is 11.6 Å². The van der Waals surface area contributed by atoms with Crippen molar-refractivity contribution in [3.63, 3.8) is 0 Å². The fourth-order valence-corrected chi connectivity index (χ4v) is 1.32. The second-order valence-electron chi connectivity index (χ2n) is 2.70. The maximum atomic E-state index is 6.05. The van der Waals surface area contributed by atoms with Gasteiger partial charge in [-0.2, -0.15) is 0 Å². The fraction of sp³-hybridized carbons (Fsp3) is 1.00. The van der Waals surface area contributed by atoms with Gasteiger partial charge in [0.05, 0.1) is 0 Å². The zero-order valence-corrected chi connectivity index (χ0v) is 8.43. The van der Waals surface area contributed by atoms with Gasteiger partial charge in [0.25, 0.3) is 0 Å². The Balaban J connectivity index is 2.42. The molecule has 0 aromatic heterocycles. The van der Waals surface area contributed by atoms with Gasteiger partial charge in [0.2, 0.25) is 11.4 Å². The topological polar surface area (TPSA) is 31.0 Å². The maximum absolute atomic E-state index is 6.05. The summed E-state index contributed by atoms with van der Waals surface area (Å²) in [6.07, 6.45) is -0.425. The molecule has 0 bridgehead atoms. The van der Waals surface area contributed by atoms with E-state index in [1.165, 1.54) is 0 Å². The molecule has 3 nitrogen and oxygen atoms in total. The zero-order chi connectivity index (χ0) is 9.19. The number of halogens is 1. The largest absolute Gasteiger partial charge is 0.349 e. The van der Waals surface area contributed by atoms with Crippen LogP contribution in [-0.2, 0) is 14.2 Å². The molecule has 1 fully saturated rings. The van der Waals surface area contributed by atoms with Crippen LogP contribution in [0.15, 0.2) is 0 Å². The predicted octanol–water partition coefficient (Wildman–Crippen LogP) is 1.74. The Hall–Kier alpha value is 0.170. The fourth-order valence-electron chi connectivity index (χ4n) is 1.06. The van der Waals surface area contributed by atoms with Crippen LogP contribution in [-0.4, -0.2) is 30.7 Å². The minimum Gasteiger partial charge on any atom is -0.349 e. The SMILES string of the molecule is CCOC(OCC)C1(Cl)OC1C. The van der Waals surface area contributed by atoms with Crippen LogP contribution in [0.3, 0.4) is 0 Å². The van der Waals surface area contributed by atoms with Crippen molar-refractivity contribution in [3.8, 4) is 0 Å². The molecule has 0 spiro atoms. The predicted molar refractivity (Wildman–Crippen MR) is 46.2 cm³/mol. The van der Waals surface area contributed by atoms with Crippen molar-refractivity contribution in [3.05, 3.63) is 0 Å². The minimum atomic E-state index is -0.744. The van der Waals surface area contributed by atoms with Gasteiger partial charge >= 0.3 is 0 Å². The number of rotatable bonds is 5. The number of hydrogen-bond acceptors (Lipinski definition) is 3. The molecule has 0 N–H and O–H groups in total. The highest BCUT2D eigenvalue weighted by Crippen LogP contribution is 2.45. The molecule has 1 saturated heterocycles. The molecule has 0 amide bonds. The molecule has 1 aliphatic rings. The normalized spacial score (nSPS) is 34.2. The summed E-state index contributed by atoms with van der Waals surface area (Å²) in [7, 11) is 0. The van der Waals surface area contributed by atoms with Crippen molar-refractivity contribution >= 4 is 11.6 Å². The smallest absolute Gasteiger partial charge is 0.218 e. The summed E-state index contributed by atoms with van der Waals surface area (Å²) >= 11 is 6.05. The monoisotopic (exact) mass is 194 g/mol. The molecule has 1 heterocycles. The molecule has 0 aromatic rings. The van der Waals surface area contributed by atoms with Crippen molar-refractivity contribution in [2.24, 2.45) is 0 Å². The van der Waals surface area contributed by atoms with Crippen LogP contribution in [0.4, 0.5) is 0 Å². The molecule has 2 atom stereocenters. The first-order chi connectivity index (χ1) is 5.65. The lowest BCUT2D eigenvalue weighted by Crippen LogP contribution is -2.32. The third-order valence-corrected chi connectivity index (χ3v) is 2.39. The maximum Gasteiger partial charge on any atom is 0.218 e. The second kappa shape index (κ2) is 3.92. The molecule has 4 heteroatoms. The van der Waals surface area contributed by atoms with E-state index in [1.807, 2.05) is 20.8 Å². The van der Waals surface area contributed by atoms with Crippen molar-refractivity contribution in [1.82, 2.24) is 0 Å². The van der Waals surface area contributed by atoms with Crippen LogP contribution >= 0.6 is 11.6 Å². The first kappa shape index (κ1) is 10.3. The van der Waals surface area contributed by atoms with E-state index in [0.29, 0.717) is 13.2 Å². The third kappa shape index (κ3) is 1.91. The van der Waals surface area contributed by atoms with E-state index in [0.717, 1.165) is 0 Å². The van der Waals surface area contributed by atoms with E-state index in [4.69, 9.17) is 25.8 Å². The Bertz CT molecular complexity index is 147. The Morgan fingerprint density at radius 1 is 1.42 bits per heavy atom. The summed E-state index contributed by atoms with van der Waals surface area (Å²) in [4.78, 5) is 0. The summed E-state index contributed by atoms with van der Waals surface area (Å²) in [5.41, 5.74) is 0. The van der Waals surface area contributed by atoms with Crippen LogP contribution in [0.5, 0.6) is 0 Å². The first-order valence-corrected chi connectivity index (χ1v) is 4.62. The molecule has 1 rings (SSSR count). The number of epoxide rings is 1. The molecule has 0 radical (unpaired) electrons. The van der Waals surface area contributed by atoms with Crippen LogP contribution in [0.2, 0.25) is 0 Å². The Kier molecular flexibility index (Phi) is 3.35. The van der Waals surface area contributed by atoms with Gasteiger partial charge in [0.15, 0.2) is 0 Å². The number of alkyl halides is 1. The Morgan fingerprint density at radius 3 is 2.08 bits per heavy atom. The minimum absolute atomic E-state index is 0.0160. The molecule has 1 aliphatic heterocycles. The van der Waals surface area contributed by atoms with Crippen LogP contribution in [0.25, 0.3) is 0 Å². The van der Waals surface area contributed by atoms with Gasteiger partial charge in [-0.15, -0.1) is 0 Å². The van der Waals surface area contributed by atoms with Gasteiger partial charge in [-0.25, -0.2) is 0 Å². The average Bonchev–Trinajstić information content (AvgIpc) is 2.61. The molecule has 72 valence electrons. The van der Waals surface area contributed by atoms with Crippen LogP contribution < -0.4 is 0 Å². The molecule has 0 aromatic carbocycles. The van der Waals surface area contributed by atoms with Crippen molar-refractivity contribution in [2.45, 2.75) is 38.2 Å². The summed E-state index contributed by atoms with van der Waals surface area (Å²) in [5.74, 6) is 0. The van der Waals surface area contributed by atoms with Crippen LogP contribution in [0.1, 0.15) is 20.8 Å². The zero-order valence-electron chi connectivity index (χ0n) is 7.67. The van der Waals surface area contributed by atoms with Gasteiger partial charge in [-0.05, 0) is 20.8 Å². The van der Waals surface area contributed by atoms with Gasteiger partial charge in [0.1, 0.15) is 6.10 Å². The Labute approximate surface area is 77.9 Å². The van der Waals surface area contributed by atoms with E-state index >= 15 is 0 Å². The average molecular weight is 195 g/mol. The molecule has 0 aliphatic carbocycles. The van der Waals surface area contributed by atoms with Crippen LogP contribution in [0, 0.1) is 0 Å². The second-order valence-corrected chi connectivity index (χ2v) is 3.29. The highest BCUT2D eigenvalue weighted by atomic mass is 35.5. The quantitative estimate of drug-likeness (QED) is 0.380. The molecular formula is C8H15ClO3. The van der Waals surface area contributed by atoms with E-state index in [1.54, 1.807) is 0 Å². The lowest BCUT2D eigenvalue weighted by molar-refractivity contribution is -0.156. The molecule has 0 saturated carbocycles. The van der Waals surface area contributed by atoms with E-state index < -0.39 is 11.4 Å². The number of ether oxygens (including phenoxy) is 3. The standard InChI is InChI=1S/C8H15ClO3/c1-4-10-7(11-5-2)8(9)6(3)12-8/h6-7H,4-5H2,1-3H3. The lowest BCUT2D eigenvalue weighted by atomic mass is 10.3.